The van der Waals surface area contributed by atoms with Crippen LogP contribution in [0.3, 0.4) is 0 Å². The molecule has 0 spiro atoms. The first-order valence-corrected chi connectivity index (χ1v) is 6.46. The minimum absolute atomic E-state index is 0.237. The summed E-state index contributed by atoms with van der Waals surface area (Å²) in [5, 5.41) is 0. The van der Waals surface area contributed by atoms with E-state index in [1.54, 1.807) is 26.8 Å². The Kier molecular flexibility index (Phi) is 6.27. The van der Waals surface area contributed by atoms with E-state index in [-0.39, 0.29) is 17.9 Å². The van der Waals surface area contributed by atoms with Gasteiger partial charge in [-0.15, -0.1) is 6.58 Å². The van der Waals surface area contributed by atoms with E-state index in [2.05, 4.69) is 6.58 Å². The van der Waals surface area contributed by atoms with Crippen LogP contribution in [0.2, 0.25) is 0 Å². The van der Waals surface area contributed by atoms with Crippen LogP contribution in [0.1, 0.15) is 48.0 Å². The summed E-state index contributed by atoms with van der Waals surface area (Å²) in [5.41, 5.74) is -0.812. The van der Waals surface area contributed by atoms with Gasteiger partial charge in [0.05, 0.1) is 5.92 Å². The van der Waals surface area contributed by atoms with Crippen LogP contribution in [0.4, 0.5) is 0 Å². The summed E-state index contributed by atoms with van der Waals surface area (Å²) in [4.78, 5) is 23.4. The SMILES string of the molecule is C=CCC(C(=O)OCC(=O)OC(C)(C)C)C(C)(C)C. The fourth-order valence-corrected chi connectivity index (χ4v) is 1.57. The molecule has 0 amide bonds. The van der Waals surface area contributed by atoms with Gasteiger partial charge in [0.1, 0.15) is 5.60 Å². The topological polar surface area (TPSA) is 52.6 Å². The summed E-state index contributed by atoms with van der Waals surface area (Å²) in [6.07, 6.45) is 2.21. The van der Waals surface area contributed by atoms with Crippen LogP contribution in [0, 0.1) is 11.3 Å². The van der Waals surface area contributed by atoms with Gasteiger partial charge in [-0.05, 0) is 32.6 Å². The molecule has 0 saturated carbocycles. The summed E-state index contributed by atoms with van der Waals surface area (Å²) in [6, 6.07) is 0. The Labute approximate surface area is 116 Å². The number of allylic oxidation sites excluding steroid dienone is 1. The highest BCUT2D eigenvalue weighted by atomic mass is 16.6. The van der Waals surface area contributed by atoms with Gasteiger partial charge in [0.2, 0.25) is 0 Å². The van der Waals surface area contributed by atoms with E-state index in [0.29, 0.717) is 6.42 Å². The molecule has 1 unspecified atom stereocenters. The Balaban J connectivity index is 4.43. The Morgan fingerprint density at radius 1 is 1.16 bits per heavy atom. The highest BCUT2D eigenvalue weighted by Gasteiger charge is 2.32. The minimum Gasteiger partial charge on any atom is -0.457 e. The molecule has 1 atom stereocenters. The lowest BCUT2D eigenvalue weighted by atomic mass is 9.79. The van der Waals surface area contributed by atoms with Crippen molar-refractivity contribution in [2.45, 2.75) is 53.6 Å². The maximum absolute atomic E-state index is 12.0. The van der Waals surface area contributed by atoms with Gasteiger partial charge in [-0.2, -0.15) is 0 Å². The lowest BCUT2D eigenvalue weighted by molar-refractivity contribution is -0.169. The standard InChI is InChI=1S/C15H26O4/c1-8-9-11(14(2,3)4)13(17)18-10-12(16)19-15(5,6)7/h8,11H,1,9-10H2,2-7H3. The third-order valence-electron chi connectivity index (χ3n) is 2.48. The van der Waals surface area contributed by atoms with E-state index >= 15 is 0 Å². The number of ether oxygens (including phenoxy) is 2. The van der Waals surface area contributed by atoms with Gasteiger partial charge >= 0.3 is 11.9 Å². The number of rotatable bonds is 5. The van der Waals surface area contributed by atoms with Gasteiger partial charge in [0.25, 0.3) is 0 Å². The number of esters is 2. The minimum atomic E-state index is -0.575. The summed E-state index contributed by atoms with van der Waals surface area (Å²) in [7, 11) is 0. The third-order valence-corrected chi connectivity index (χ3v) is 2.48. The van der Waals surface area contributed by atoms with Crippen molar-refractivity contribution >= 4 is 11.9 Å². The van der Waals surface area contributed by atoms with Crippen molar-refractivity contribution in [2.24, 2.45) is 11.3 Å². The predicted octanol–water partition coefficient (Wildman–Crippen LogP) is 3.11. The Hall–Kier alpha value is -1.32. The monoisotopic (exact) mass is 270 g/mol. The maximum atomic E-state index is 12.0. The first-order chi connectivity index (χ1) is 8.47. The number of carbonyl (C=O) groups is 2. The lowest BCUT2D eigenvalue weighted by Gasteiger charge is -2.28. The summed E-state index contributed by atoms with van der Waals surface area (Å²) < 4.78 is 10.1. The van der Waals surface area contributed by atoms with Gasteiger partial charge in [-0.1, -0.05) is 26.8 Å². The molecule has 4 heteroatoms. The zero-order chi connectivity index (χ0) is 15.3. The van der Waals surface area contributed by atoms with Crippen molar-refractivity contribution in [3.05, 3.63) is 12.7 Å². The van der Waals surface area contributed by atoms with E-state index in [9.17, 15) is 9.59 Å². The first-order valence-electron chi connectivity index (χ1n) is 6.46. The molecule has 0 aromatic carbocycles. The fraction of sp³-hybridized carbons (Fsp3) is 0.733. The van der Waals surface area contributed by atoms with Gasteiger partial charge in [0.15, 0.2) is 6.61 Å². The second kappa shape index (κ2) is 6.73. The van der Waals surface area contributed by atoms with E-state index < -0.39 is 17.5 Å². The van der Waals surface area contributed by atoms with E-state index in [1.807, 2.05) is 20.8 Å². The molecular weight excluding hydrogens is 244 g/mol. The average Bonchev–Trinajstić information content (AvgIpc) is 2.18. The lowest BCUT2D eigenvalue weighted by Crippen LogP contribution is -2.33. The Morgan fingerprint density at radius 2 is 1.68 bits per heavy atom. The molecule has 0 aliphatic rings. The second-order valence-corrected chi connectivity index (χ2v) is 6.64. The molecule has 0 fully saturated rings. The van der Waals surface area contributed by atoms with Gasteiger partial charge in [-0.3, -0.25) is 4.79 Å². The highest BCUT2D eigenvalue weighted by molar-refractivity contribution is 5.78. The van der Waals surface area contributed by atoms with Crippen LogP contribution in [-0.4, -0.2) is 24.1 Å². The van der Waals surface area contributed by atoms with Gasteiger partial charge in [0, 0.05) is 0 Å². The molecule has 0 saturated heterocycles. The van der Waals surface area contributed by atoms with Gasteiger partial charge < -0.3 is 9.47 Å². The predicted molar refractivity (Wildman–Crippen MR) is 74.6 cm³/mol. The molecule has 0 aliphatic heterocycles. The second-order valence-electron chi connectivity index (χ2n) is 6.64. The fourth-order valence-electron chi connectivity index (χ4n) is 1.57. The van der Waals surface area contributed by atoms with Crippen molar-refractivity contribution < 1.29 is 19.1 Å². The largest absolute Gasteiger partial charge is 0.457 e. The van der Waals surface area contributed by atoms with Crippen LogP contribution < -0.4 is 0 Å². The van der Waals surface area contributed by atoms with E-state index in [4.69, 9.17) is 9.47 Å². The zero-order valence-electron chi connectivity index (χ0n) is 12.9. The number of carbonyl (C=O) groups excluding carboxylic acids is 2. The van der Waals surface area contributed by atoms with Crippen molar-refractivity contribution in [1.82, 2.24) is 0 Å². The summed E-state index contributed by atoms with van der Waals surface area (Å²) in [6.45, 7) is 14.5. The first kappa shape index (κ1) is 17.7. The molecule has 0 rings (SSSR count). The molecule has 0 N–H and O–H groups in total. The molecule has 4 nitrogen and oxygen atoms in total. The quantitative estimate of drug-likeness (QED) is 0.569. The highest BCUT2D eigenvalue weighted by Crippen LogP contribution is 2.30. The maximum Gasteiger partial charge on any atom is 0.344 e. The van der Waals surface area contributed by atoms with Crippen LogP contribution >= 0.6 is 0 Å². The molecular formula is C15H26O4. The number of hydrogen-bond acceptors (Lipinski definition) is 4. The Morgan fingerprint density at radius 3 is 2.05 bits per heavy atom. The molecule has 0 aromatic rings. The molecule has 110 valence electrons. The average molecular weight is 270 g/mol. The molecule has 0 radical (unpaired) electrons. The van der Waals surface area contributed by atoms with Crippen LogP contribution in [0.5, 0.6) is 0 Å². The van der Waals surface area contributed by atoms with Crippen molar-refractivity contribution in [2.75, 3.05) is 6.61 Å². The van der Waals surface area contributed by atoms with E-state index in [0.717, 1.165) is 0 Å². The summed E-state index contributed by atoms with van der Waals surface area (Å²) >= 11 is 0. The normalized spacial score (nSPS) is 13.6. The molecule has 0 aromatic heterocycles. The van der Waals surface area contributed by atoms with Gasteiger partial charge in [-0.25, -0.2) is 4.79 Å². The van der Waals surface area contributed by atoms with Crippen molar-refractivity contribution in [1.29, 1.82) is 0 Å². The number of hydrogen-bond donors (Lipinski definition) is 0. The van der Waals surface area contributed by atoms with Crippen LogP contribution in [0.15, 0.2) is 12.7 Å². The van der Waals surface area contributed by atoms with Crippen LogP contribution in [0.25, 0.3) is 0 Å². The molecule has 0 aliphatic carbocycles. The van der Waals surface area contributed by atoms with Crippen molar-refractivity contribution in [3.63, 3.8) is 0 Å². The van der Waals surface area contributed by atoms with Crippen LogP contribution in [-0.2, 0) is 19.1 Å². The summed E-state index contributed by atoms with van der Waals surface area (Å²) in [5.74, 6) is -1.24. The molecule has 19 heavy (non-hydrogen) atoms. The molecule has 0 heterocycles. The third kappa shape index (κ3) is 7.65. The zero-order valence-corrected chi connectivity index (χ0v) is 12.9. The Bertz CT molecular complexity index is 331. The van der Waals surface area contributed by atoms with Crippen molar-refractivity contribution in [3.8, 4) is 0 Å². The molecule has 0 bridgehead atoms. The smallest absolute Gasteiger partial charge is 0.344 e. The van der Waals surface area contributed by atoms with E-state index in [1.165, 1.54) is 0 Å².